The highest BCUT2D eigenvalue weighted by molar-refractivity contribution is 6.11. The van der Waals surface area contributed by atoms with Crippen LogP contribution in [0.25, 0.3) is 21.8 Å². The molecule has 2 amide bonds. The summed E-state index contributed by atoms with van der Waals surface area (Å²) in [5.74, 6) is 0.494. The Kier molecular flexibility index (Phi) is 6.13. The lowest BCUT2D eigenvalue weighted by molar-refractivity contribution is -0.117. The fraction of sp³-hybridized carbons (Fsp3) is 0.296. The van der Waals surface area contributed by atoms with Crippen LogP contribution in [0.4, 0.5) is 17.2 Å². The first-order chi connectivity index (χ1) is 16.9. The predicted octanol–water partition coefficient (Wildman–Crippen LogP) is 4.14. The van der Waals surface area contributed by atoms with Gasteiger partial charge in [-0.25, -0.2) is 4.98 Å². The molecule has 1 fully saturated rings. The van der Waals surface area contributed by atoms with Crippen molar-refractivity contribution in [2.45, 2.75) is 25.8 Å². The summed E-state index contributed by atoms with van der Waals surface area (Å²) in [6.07, 6.45) is 3.59. The van der Waals surface area contributed by atoms with Crippen LogP contribution >= 0.6 is 0 Å². The van der Waals surface area contributed by atoms with Gasteiger partial charge in [-0.1, -0.05) is 6.07 Å². The topological polar surface area (TPSA) is 93.4 Å². The third-order valence-electron chi connectivity index (χ3n) is 6.61. The summed E-state index contributed by atoms with van der Waals surface area (Å²) < 4.78 is 0. The number of hydrogen-bond acceptors (Lipinski definition) is 5. The zero-order valence-corrected chi connectivity index (χ0v) is 20.3. The molecular formula is C27H30N6O2. The molecule has 2 aromatic carbocycles. The second-order valence-corrected chi connectivity index (χ2v) is 9.24. The number of H-pyrrole nitrogens is 1. The molecule has 0 unspecified atom stereocenters. The van der Waals surface area contributed by atoms with Gasteiger partial charge in [0.25, 0.3) is 5.91 Å². The summed E-state index contributed by atoms with van der Waals surface area (Å²) in [5.41, 5.74) is 4.11. The van der Waals surface area contributed by atoms with E-state index in [1.54, 1.807) is 13.1 Å². The number of piperidine rings is 1. The van der Waals surface area contributed by atoms with Gasteiger partial charge < -0.3 is 20.5 Å². The first-order valence-corrected chi connectivity index (χ1v) is 11.9. The molecule has 8 heteroatoms. The van der Waals surface area contributed by atoms with E-state index in [2.05, 4.69) is 20.6 Å². The van der Waals surface area contributed by atoms with Gasteiger partial charge in [0, 0.05) is 60.3 Å². The number of pyridine rings is 1. The number of fused-ring (bicyclic) bond motifs is 3. The summed E-state index contributed by atoms with van der Waals surface area (Å²) in [6, 6.07) is 15.4. The molecule has 35 heavy (non-hydrogen) atoms. The van der Waals surface area contributed by atoms with Crippen molar-refractivity contribution >= 4 is 50.8 Å². The van der Waals surface area contributed by atoms with Gasteiger partial charge in [0.2, 0.25) is 5.91 Å². The number of anilines is 3. The van der Waals surface area contributed by atoms with E-state index in [9.17, 15) is 9.59 Å². The highest BCUT2D eigenvalue weighted by Crippen LogP contribution is 2.31. The zero-order chi connectivity index (χ0) is 24.5. The quantitative estimate of drug-likeness (QED) is 0.408. The number of aromatic amines is 1. The molecule has 5 rings (SSSR count). The molecule has 1 aliphatic rings. The zero-order valence-electron chi connectivity index (χ0n) is 20.3. The van der Waals surface area contributed by atoms with E-state index in [-0.39, 0.29) is 17.9 Å². The average molecular weight is 471 g/mol. The SMILES string of the molecule is CC(=O)N(c1cc2c(cn1)[nH]c1ccc(NC(=O)c3cccc(N(C)C)c3)cc12)C1CCNCC1. The van der Waals surface area contributed by atoms with E-state index in [1.807, 2.05) is 72.4 Å². The summed E-state index contributed by atoms with van der Waals surface area (Å²) in [7, 11) is 3.90. The second kappa shape index (κ2) is 9.38. The van der Waals surface area contributed by atoms with Gasteiger partial charge in [-0.3, -0.25) is 14.5 Å². The summed E-state index contributed by atoms with van der Waals surface area (Å²) in [5, 5.41) is 8.31. The van der Waals surface area contributed by atoms with E-state index in [1.165, 1.54) is 0 Å². The van der Waals surface area contributed by atoms with Crippen molar-refractivity contribution in [3.63, 3.8) is 0 Å². The Labute approximate surface area is 204 Å². The minimum absolute atomic E-state index is 0.00324. The number of rotatable bonds is 5. The molecule has 8 nitrogen and oxygen atoms in total. The van der Waals surface area contributed by atoms with E-state index >= 15 is 0 Å². The van der Waals surface area contributed by atoms with Crippen molar-refractivity contribution in [3.05, 3.63) is 60.3 Å². The van der Waals surface area contributed by atoms with Gasteiger partial charge in [-0.05, 0) is 68.4 Å². The minimum Gasteiger partial charge on any atom is -0.378 e. The van der Waals surface area contributed by atoms with Crippen LogP contribution in [0.3, 0.4) is 0 Å². The van der Waals surface area contributed by atoms with Crippen molar-refractivity contribution in [3.8, 4) is 0 Å². The highest BCUT2D eigenvalue weighted by Gasteiger charge is 2.26. The maximum absolute atomic E-state index is 12.9. The van der Waals surface area contributed by atoms with Crippen molar-refractivity contribution in [1.29, 1.82) is 0 Å². The molecule has 0 radical (unpaired) electrons. The molecule has 1 saturated heterocycles. The van der Waals surface area contributed by atoms with E-state index in [0.717, 1.165) is 53.4 Å². The summed E-state index contributed by atoms with van der Waals surface area (Å²) >= 11 is 0. The lowest BCUT2D eigenvalue weighted by Gasteiger charge is -2.33. The van der Waals surface area contributed by atoms with Crippen molar-refractivity contribution in [2.75, 3.05) is 42.3 Å². The molecule has 1 aliphatic heterocycles. The summed E-state index contributed by atoms with van der Waals surface area (Å²) in [4.78, 5) is 37.3. The lowest BCUT2D eigenvalue weighted by atomic mass is 10.0. The van der Waals surface area contributed by atoms with Crippen LogP contribution in [0.15, 0.2) is 54.7 Å². The maximum atomic E-state index is 12.9. The fourth-order valence-electron chi connectivity index (χ4n) is 4.80. The summed E-state index contributed by atoms with van der Waals surface area (Å²) in [6.45, 7) is 3.39. The standard InChI is InChI=1S/C27H30N6O2/c1-17(34)33(20-9-11-28-12-10-20)26-15-23-22-14-19(7-8-24(22)31-25(23)16-29-26)30-27(35)18-5-4-6-21(13-18)32(2)3/h4-8,13-16,20,28,31H,9-12H2,1-3H3,(H,30,35). The van der Waals surface area contributed by atoms with E-state index in [0.29, 0.717) is 17.1 Å². The Morgan fingerprint density at radius 3 is 2.51 bits per heavy atom. The molecule has 0 atom stereocenters. The maximum Gasteiger partial charge on any atom is 0.255 e. The second-order valence-electron chi connectivity index (χ2n) is 9.24. The predicted molar refractivity (Wildman–Crippen MR) is 141 cm³/mol. The largest absolute Gasteiger partial charge is 0.378 e. The van der Waals surface area contributed by atoms with Gasteiger partial charge in [-0.15, -0.1) is 0 Å². The molecule has 3 heterocycles. The van der Waals surface area contributed by atoms with Crippen LogP contribution in [0.5, 0.6) is 0 Å². The van der Waals surface area contributed by atoms with Crippen LogP contribution in [-0.4, -0.2) is 55.0 Å². The van der Waals surface area contributed by atoms with Gasteiger partial charge in [-0.2, -0.15) is 0 Å². The molecule has 0 saturated carbocycles. The number of carbonyl (C=O) groups is 2. The molecule has 0 aliphatic carbocycles. The number of hydrogen-bond donors (Lipinski definition) is 3. The first-order valence-electron chi connectivity index (χ1n) is 11.9. The Balaban J connectivity index is 1.48. The number of amides is 2. The highest BCUT2D eigenvalue weighted by atomic mass is 16.2. The van der Waals surface area contributed by atoms with Crippen molar-refractivity contribution < 1.29 is 9.59 Å². The number of carbonyl (C=O) groups excluding carboxylic acids is 2. The van der Waals surface area contributed by atoms with Gasteiger partial charge in [0.1, 0.15) is 5.82 Å². The van der Waals surface area contributed by atoms with Gasteiger partial charge in [0.15, 0.2) is 0 Å². The lowest BCUT2D eigenvalue weighted by Crippen LogP contribution is -2.45. The molecule has 2 aromatic heterocycles. The normalized spacial score (nSPS) is 14.3. The third-order valence-corrected chi connectivity index (χ3v) is 6.61. The monoisotopic (exact) mass is 470 g/mol. The molecule has 0 bridgehead atoms. The van der Waals surface area contributed by atoms with Crippen LogP contribution in [0.2, 0.25) is 0 Å². The third kappa shape index (κ3) is 4.57. The number of nitrogens with one attached hydrogen (secondary N) is 3. The Hall–Kier alpha value is -3.91. The molecule has 4 aromatic rings. The number of nitrogens with zero attached hydrogens (tertiary/aromatic N) is 3. The van der Waals surface area contributed by atoms with Crippen LogP contribution in [0.1, 0.15) is 30.1 Å². The van der Waals surface area contributed by atoms with Crippen LogP contribution in [0, 0.1) is 0 Å². The molecule has 180 valence electrons. The molecule has 0 spiro atoms. The van der Waals surface area contributed by atoms with Gasteiger partial charge in [0.05, 0.1) is 11.7 Å². The number of benzene rings is 2. The smallest absolute Gasteiger partial charge is 0.255 e. The fourth-order valence-corrected chi connectivity index (χ4v) is 4.80. The molecular weight excluding hydrogens is 440 g/mol. The first kappa shape index (κ1) is 22.9. The van der Waals surface area contributed by atoms with E-state index in [4.69, 9.17) is 0 Å². The Morgan fingerprint density at radius 1 is 1.00 bits per heavy atom. The molecule has 3 N–H and O–H groups in total. The van der Waals surface area contributed by atoms with Crippen molar-refractivity contribution in [1.82, 2.24) is 15.3 Å². The number of aromatic nitrogens is 2. The Morgan fingerprint density at radius 2 is 1.77 bits per heavy atom. The van der Waals surface area contributed by atoms with Crippen molar-refractivity contribution in [2.24, 2.45) is 0 Å². The van der Waals surface area contributed by atoms with Gasteiger partial charge >= 0.3 is 0 Å². The average Bonchev–Trinajstić information content (AvgIpc) is 3.22. The minimum atomic E-state index is -0.163. The van der Waals surface area contributed by atoms with Crippen LogP contribution < -0.4 is 20.4 Å². The Bertz CT molecular complexity index is 1400. The van der Waals surface area contributed by atoms with E-state index < -0.39 is 0 Å². The van der Waals surface area contributed by atoms with Crippen LogP contribution in [-0.2, 0) is 4.79 Å².